The molecule has 2 aromatic heterocycles. The fourth-order valence-electron chi connectivity index (χ4n) is 3.03. The highest BCUT2D eigenvalue weighted by Crippen LogP contribution is 2.39. The monoisotopic (exact) mass is 330 g/mol. The second-order valence-electron chi connectivity index (χ2n) is 6.23. The zero-order valence-corrected chi connectivity index (χ0v) is 13.5. The number of nitrogens with zero attached hydrogens (tertiary/aromatic N) is 4. The van der Waals surface area contributed by atoms with Crippen molar-refractivity contribution < 1.29 is 9.59 Å². The molecule has 1 saturated carbocycles. The van der Waals surface area contributed by atoms with Gasteiger partial charge in [-0.25, -0.2) is 4.68 Å². The van der Waals surface area contributed by atoms with Gasteiger partial charge in [-0.2, -0.15) is 0 Å². The van der Waals surface area contributed by atoms with Crippen LogP contribution in [0.2, 0.25) is 0 Å². The number of carbonyl (C=O) groups excluding carboxylic acids is 2. The van der Waals surface area contributed by atoms with Gasteiger partial charge in [-0.3, -0.25) is 9.59 Å². The van der Waals surface area contributed by atoms with Crippen LogP contribution in [0.25, 0.3) is 0 Å². The van der Waals surface area contributed by atoms with Crippen molar-refractivity contribution in [3.05, 3.63) is 34.3 Å². The molecule has 7 heteroatoms. The number of hydrogen-bond acceptors (Lipinski definition) is 5. The molecule has 4 rings (SSSR count). The first-order valence-electron chi connectivity index (χ1n) is 8.01. The van der Waals surface area contributed by atoms with Gasteiger partial charge >= 0.3 is 0 Å². The van der Waals surface area contributed by atoms with Crippen molar-refractivity contribution in [3.8, 4) is 0 Å². The molecule has 6 nitrogen and oxygen atoms in total. The average Bonchev–Trinajstić information content (AvgIpc) is 3.10. The van der Waals surface area contributed by atoms with Crippen molar-refractivity contribution in [2.75, 3.05) is 13.1 Å². The normalized spacial score (nSPS) is 19.0. The first-order chi connectivity index (χ1) is 11.2. The lowest BCUT2D eigenvalue weighted by molar-refractivity contribution is -0.127. The highest BCUT2D eigenvalue weighted by atomic mass is 32.1. The molecule has 0 aromatic carbocycles. The lowest BCUT2D eigenvalue weighted by Crippen LogP contribution is -2.42. The molecule has 2 aromatic rings. The van der Waals surface area contributed by atoms with E-state index in [4.69, 9.17) is 0 Å². The third-order valence-electron chi connectivity index (χ3n) is 4.59. The standard InChI is InChI=1S/C16H18N4O2S/c21-15(14-2-1-9-23-14)16(22)19-7-5-12(6-8-19)20-10-13(17-18-20)11-3-4-11/h1-2,9-12H,3-8H2. The zero-order valence-electron chi connectivity index (χ0n) is 12.7. The van der Waals surface area contributed by atoms with Crippen LogP contribution in [-0.4, -0.2) is 44.7 Å². The largest absolute Gasteiger partial charge is 0.336 e. The quantitative estimate of drug-likeness (QED) is 0.637. The van der Waals surface area contributed by atoms with Crippen LogP contribution in [-0.2, 0) is 4.79 Å². The number of rotatable bonds is 4. The van der Waals surface area contributed by atoms with E-state index >= 15 is 0 Å². The summed E-state index contributed by atoms with van der Waals surface area (Å²) in [6.45, 7) is 1.19. The van der Waals surface area contributed by atoms with Crippen molar-refractivity contribution in [1.82, 2.24) is 19.9 Å². The van der Waals surface area contributed by atoms with Crippen LogP contribution in [0.1, 0.15) is 53.0 Å². The Hall–Kier alpha value is -2.02. The molecule has 2 aliphatic rings. The second-order valence-corrected chi connectivity index (χ2v) is 7.18. The molecule has 0 unspecified atom stereocenters. The fraction of sp³-hybridized carbons (Fsp3) is 0.500. The van der Waals surface area contributed by atoms with Crippen LogP contribution in [0.5, 0.6) is 0 Å². The Morgan fingerprint density at radius 1 is 1.17 bits per heavy atom. The van der Waals surface area contributed by atoms with Crippen molar-refractivity contribution in [3.63, 3.8) is 0 Å². The van der Waals surface area contributed by atoms with Gasteiger partial charge in [0.2, 0.25) is 0 Å². The Morgan fingerprint density at radius 3 is 2.61 bits per heavy atom. The van der Waals surface area contributed by atoms with Crippen molar-refractivity contribution >= 4 is 23.0 Å². The van der Waals surface area contributed by atoms with E-state index in [1.165, 1.54) is 24.2 Å². The van der Waals surface area contributed by atoms with Gasteiger partial charge < -0.3 is 4.90 Å². The second kappa shape index (κ2) is 5.88. The Kier molecular flexibility index (Phi) is 3.72. The van der Waals surface area contributed by atoms with E-state index in [1.807, 2.05) is 10.1 Å². The SMILES string of the molecule is O=C(C(=O)N1CCC(n2cc(C3CC3)nn2)CC1)c1cccs1. The van der Waals surface area contributed by atoms with E-state index in [9.17, 15) is 9.59 Å². The van der Waals surface area contributed by atoms with E-state index < -0.39 is 5.78 Å². The van der Waals surface area contributed by atoms with Crippen LogP contribution in [0, 0.1) is 0 Å². The summed E-state index contributed by atoms with van der Waals surface area (Å²) in [5, 5.41) is 10.3. The molecule has 23 heavy (non-hydrogen) atoms. The molecule has 0 atom stereocenters. The molecule has 1 aliphatic carbocycles. The number of carbonyl (C=O) groups is 2. The van der Waals surface area contributed by atoms with Crippen molar-refractivity contribution in [2.24, 2.45) is 0 Å². The van der Waals surface area contributed by atoms with Gasteiger partial charge in [0.05, 0.1) is 16.6 Å². The summed E-state index contributed by atoms with van der Waals surface area (Å²) in [5.74, 6) is -0.174. The van der Waals surface area contributed by atoms with Gasteiger partial charge in [-0.1, -0.05) is 11.3 Å². The molecular weight excluding hydrogens is 312 g/mol. The van der Waals surface area contributed by atoms with Crippen LogP contribution in [0.4, 0.5) is 0 Å². The molecule has 3 heterocycles. The summed E-state index contributed by atoms with van der Waals surface area (Å²) >= 11 is 1.31. The number of hydrogen-bond donors (Lipinski definition) is 0. The number of ketones is 1. The lowest BCUT2D eigenvalue weighted by Gasteiger charge is -2.31. The molecule has 0 N–H and O–H groups in total. The third-order valence-corrected chi connectivity index (χ3v) is 5.46. The summed E-state index contributed by atoms with van der Waals surface area (Å²) in [5.41, 5.74) is 1.09. The maximum absolute atomic E-state index is 12.3. The molecule has 1 aliphatic heterocycles. The highest BCUT2D eigenvalue weighted by Gasteiger charge is 2.31. The number of thiophene rings is 1. The molecule has 0 bridgehead atoms. The predicted octanol–water partition coefficient (Wildman–Crippen LogP) is 2.26. The van der Waals surface area contributed by atoms with Gasteiger partial charge in [0.15, 0.2) is 0 Å². The van der Waals surface area contributed by atoms with E-state index in [-0.39, 0.29) is 11.9 Å². The molecule has 2 fully saturated rings. The zero-order chi connectivity index (χ0) is 15.8. The summed E-state index contributed by atoms with van der Waals surface area (Å²) < 4.78 is 1.94. The van der Waals surface area contributed by atoms with Gasteiger partial charge in [0.25, 0.3) is 11.7 Å². The average molecular weight is 330 g/mol. The molecule has 0 radical (unpaired) electrons. The van der Waals surface area contributed by atoms with Crippen molar-refractivity contribution in [1.29, 1.82) is 0 Å². The molecule has 120 valence electrons. The molecular formula is C16H18N4O2S. The Morgan fingerprint density at radius 2 is 1.96 bits per heavy atom. The maximum atomic E-state index is 12.3. The maximum Gasteiger partial charge on any atom is 0.295 e. The minimum absolute atomic E-state index is 0.274. The minimum atomic E-state index is -0.393. The van der Waals surface area contributed by atoms with E-state index in [2.05, 4.69) is 16.5 Å². The van der Waals surface area contributed by atoms with Crippen LogP contribution >= 0.6 is 11.3 Å². The van der Waals surface area contributed by atoms with E-state index in [0.717, 1.165) is 18.5 Å². The van der Waals surface area contributed by atoms with Crippen molar-refractivity contribution in [2.45, 2.75) is 37.6 Å². The molecule has 1 amide bonds. The first kappa shape index (κ1) is 14.6. The summed E-state index contributed by atoms with van der Waals surface area (Å²) in [4.78, 5) is 26.6. The minimum Gasteiger partial charge on any atom is -0.336 e. The van der Waals surface area contributed by atoms with E-state index in [0.29, 0.717) is 23.9 Å². The van der Waals surface area contributed by atoms with Crippen LogP contribution in [0.3, 0.4) is 0 Å². The fourth-order valence-corrected chi connectivity index (χ4v) is 3.68. The molecule has 0 spiro atoms. The number of amides is 1. The first-order valence-corrected chi connectivity index (χ1v) is 8.89. The topological polar surface area (TPSA) is 68.1 Å². The van der Waals surface area contributed by atoms with Crippen LogP contribution in [0.15, 0.2) is 23.7 Å². The summed E-state index contributed by atoms with van der Waals surface area (Å²) in [6, 6.07) is 3.77. The summed E-state index contributed by atoms with van der Waals surface area (Å²) in [7, 11) is 0. The molecule has 1 saturated heterocycles. The Bertz CT molecular complexity index is 712. The number of piperidine rings is 1. The smallest absolute Gasteiger partial charge is 0.295 e. The van der Waals surface area contributed by atoms with Gasteiger partial charge in [-0.05, 0) is 37.1 Å². The van der Waals surface area contributed by atoms with Gasteiger partial charge in [0, 0.05) is 25.2 Å². The highest BCUT2D eigenvalue weighted by molar-refractivity contribution is 7.12. The third kappa shape index (κ3) is 2.93. The van der Waals surface area contributed by atoms with E-state index in [1.54, 1.807) is 17.0 Å². The van der Waals surface area contributed by atoms with Gasteiger partial charge in [-0.15, -0.1) is 16.4 Å². The lowest BCUT2D eigenvalue weighted by atomic mass is 10.0. The number of Topliss-reactive ketones (excluding diaryl/α,β-unsaturated/α-hetero) is 1. The Labute approximate surface area is 138 Å². The number of likely N-dealkylation sites (tertiary alicyclic amines) is 1. The Balaban J connectivity index is 1.36. The summed E-state index contributed by atoms with van der Waals surface area (Å²) in [6.07, 6.45) is 6.12. The van der Waals surface area contributed by atoms with Gasteiger partial charge in [0.1, 0.15) is 0 Å². The number of aromatic nitrogens is 3. The predicted molar refractivity (Wildman–Crippen MR) is 85.5 cm³/mol. The van der Waals surface area contributed by atoms with Crippen LogP contribution < -0.4 is 0 Å².